The number of pyridine rings is 1. The van der Waals surface area contributed by atoms with Gasteiger partial charge in [0.25, 0.3) is 0 Å². The normalized spacial score (nSPS) is 11.9. The molecule has 17 heavy (non-hydrogen) atoms. The summed E-state index contributed by atoms with van der Waals surface area (Å²) in [5.74, 6) is -0.367. The Hall–Kier alpha value is -1.62. The molecule has 6 heteroatoms. The largest absolute Gasteiger partial charge is 0.481 e. The van der Waals surface area contributed by atoms with Crippen LogP contribution in [0.15, 0.2) is 18.3 Å². The van der Waals surface area contributed by atoms with E-state index in [9.17, 15) is 4.79 Å². The number of halogens is 1. The molecule has 0 amide bonds. The molecule has 0 fully saturated rings. The molecule has 0 aliphatic carbocycles. The number of hydrogen-bond acceptors (Lipinski definition) is 3. The molecule has 0 radical (unpaired) electrons. The van der Waals surface area contributed by atoms with Gasteiger partial charge in [-0.15, -0.1) is 0 Å². The number of rotatable bonds is 3. The number of nitrogens with zero attached hydrogens (tertiary/aromatic N) is 3. The summed E-state index contributed by atoms with van der Waals surface area (Å²) in [6, 6.07) is 3.39. The van der Waals surface area contributed by atoms with Crippen molar-refractivity contribution in [1.29, 1.82) is 0 Å². The summed E-state index contributed by atoms with van der Waals surface area (Å²) in [5, 5.41) is 13.7. The summed E-state index contributed by atoms with van der Waals surface area (Å²) >= 11 is 5.85. The van der Waals surface area contributed by atoms with Crippen LogP contribution in [-0.2, 0) is 10.2 Å². The van der Waals surface area contributed by atoms with E-state index in [0.717, 1.165) is 0 Å². The lowest BCUT2D eigenvalue weighted by molar-refractivity contribution is -0.138. The standard InChI is InChI=1S/C11H12ClN3O2/c1-11(2,6-9(16)17)10-13-8-5-7(12)3-4-15(8)14-10/h3-5H,6H2,1-2H3,(H,16,17). The van der Waals surface area contributed by atoms with Crippen LogP contribution in [-0.4, -0.2) is 25.7 Å². The lowest BCUT2D eigenvalue weighted by Crippen LogP contribution is -2.23. The number of carboxylic acid groups (broad SMARTS) is 1. The van der Waals surface area contributed by atoms with Crippen molar-refractivity contribution in [2.24, 2.45) is 0 Å². The Labute approximate surface area is 103 Å². The molecule has 1 N–H and O–H groups in total. The van der Waals surface area contributed by atoms with E-state index in [0.29, 0.717) is 16.5 Å². The zero-order valence-corrected chi connectivity index (χ0v) is 10.3. The minimum atomic E-state index is -0.869. The first kappa shape index (κ1) is 11.9. The van der Waals surface area contributed by atoms with Crippen molar-refractivity contribution >= 4 is 23.2 Å². The van der Waals surface area contributed by atoms with Crippen LogP contribution < -0.4 is 0 Å². The van der Waals surface area contributed by atoms with Gasteiger partial charge in [0.15, 0.2) is 11.5 Å². The van der Waals surface area contributed by atoms with E-state index >= 15 is 0 Å². The first-order chi connectivity index (χ1) is 7.88. The van der Waals surface area contributed by atoms with Gasteiger partial charge in [0, 0.05) is 22.7 Å². The van der Waals surface area contributed by atoms with Gasteiger partial charge >= 0.3 is 5.97 Å². The maximum absolute atomic E-state index is 10.8. The second-order valence-electron chi connectivity index (χ2n) is 4.54. The average molecular weight is 254 g/mol. The molecular formula is C11H12ClN3O2. The lowest BCUT2D eigenvalue weighted by atomic mass is 9.89. The van der Waals surface area contributed by atoms with Gasteiger partial charge in [-0.25, -0.2) is 9.50 Å². The Morgan fingerprint density at radius 1 is 1.59 bits per heavy atom. The number of fused-ring (bicyclic) bond motifs is 1. The second kappa shape index (κ2) is 4.00. The topological polar surface area (TPSA) is 67.5 Å². The van der Waals surface area contributed by atoms with Gasteiger partial charge < -0.3 is 5.11 Å². The fraction of sp³-hybridized carbons (Fsp3) is 0.364. The molecule has 0 spiro atoms. The van der Waals surface area contributed by atoms with Crippen LogP contribution in [0.1, 0.15) is 26.1 Å². The van der Waals surface area contributed by atoms with Crippen molar-refractivity contribution in [2.45, 2.75) is 25.7 Å². The molecule has 0 saturated heterocycles. The van der Waals surface area contributed by atoms with Crippen LogP contribution in [0.4, 0.5) is 0 Å². The first-order valence-corrected chi connectivity index (χ1v) is 5.50. The summed E-state index contributed by atoms with van der Waals surface area (Å²) in [6.45, 7) is 3.61. The molecule has 5 nitrogen and oxygen atoms in total. The SMILES string of the molecule is CC(C)(CC(=O)O)c1nc2cc(Cl)ccn2n1. The molecule has 0 aromatic carbocycles. The molecule has 0 unspecified atom stereocenters. The fourth-order valence-electron chi connectivity index (χ4n) is 1.60. The third-order valence-electron chi connectivity index (χ3n) is 2.50. The summed E-state index contributed by atoms with van der Waals surface area (Å²) in [4.78, 5) is 15.1. The zero-order chi connectivity index (χ0) is 12.6. The molecule has 2 aromatic heterocycles. The quantitative estimate of drug-likeness (QED) is 0.910. The third kappa shape index (κ3) is 2.39. The van der Waals surface area contributed by atoms with Crippen molar-refractivity contribution in [3.63, 3.8) is 0 Å². The van der Waals surface area contributed by atoms with Gasteiger partial charge in [-0.3, -0.25) is 4.79 Å². The number of aliphatic carboxylic acids is 1. The van der Waals surface area contributed by atoms with Gasteiger partial charge in [0.1, 0.15) is 0 Å². The Balaban J connectivity index is 2.45. The number of aromatic nitrogens is 3. The van der Waals surface area contributed by atoms with Gasteiger partial charge in [-0.05, 0) is 6.07 Å². The molecule has 2 aromatic rings. The molecule has 2 rings (SSSR count). The molecule has 0 aliphatic heterocycles. The first-order valence-electron chi connectivity index (χ1n) is 5.13. The van der Waals surface area contributed by atoms with E-state index in [1.165, 1.54) is 0 Å². The van der Waals surface area contributed by atoms with Crippen LogP contribution in [0, 0.1) is 0 Å². The van der Waals surface area contributed by atoms with E-state index in [4.69, 9.17) is 16.7 Å². The summed E-state index contributed by atoms with van der Waals surface area (Å²) in [6.07, 6.45) is 1.68. The summed E-state index contributed by atoms with van der Waals surface area (Å²) < 4.78 is 1.59. The average Bonchev–Trinajstić information content (AvgIpc) is 2.58. The van der Waals surface area contributed by atoms with E-state index in [1.54, 1.807) is 36.7 Å². The van der Waals surface area contributed by atoms with Crippen molar-refractivity contribution in [3.05, 3.63) is 29.2 Å². The van der Waals surface area contributed by atoms with Crippen molar-refractivity contribution in [3.8, 4) is 0 Å². The highest BCUT2D eigenvalue weighted by molar-refractivity contribution is 6.30. The van der Waals surface area contributed by atoms with Crippen LogP contribution in [0.25, 0.3) is 5.65 Å². The maximum Gasteiger partial charge on any atom is 0.304 e. The summed E-state index contributed by atoms with van der Waals surface area (Å²) in [5.41, 5.74) is 0.00982. The predicted molar refractivity (Wildman–Crippen MR) is 63.3 cm³/mol. The van der Waals surface area contributed by atoms with E-state index in [2.05, 4.69) is 10.1 Å². The number of carbonyl (C=O) groups is 1. The maximum atomic E-state index is 10.8. The third-order valence-corrected chi connectivity index (χ3v) is 2.73. The van der Waals surface area contributed by atoms with Crippen molar-refractivity contribution in [1.82, 2.24) is 14.6 Å². The van der Waals surface area contributed by atoms with Crippen LogP contribution in [0.5, 0.6) is 0 Å². The van der Waals surface area contributed by atoms with Gasteiger partial charge in [-0.1, -0.05) is 25.4 Å². The lowest BCUT2D eigenvalue weighted by Gasteiger charge is -2.17. The van der Waals surface area contributed by atoms with Gasteiger partial charge in [-0.2, -0.15) is 5.10 Å². The highest BCUT2D eigenvalue weighted by atomic mass is 35.5. The predicted octanol–water partition coefficient (Wildman–Crippen LogP) is 2.13. The Morgan fingerprint density at radius 2 is 2.29 bits per heavy atom. The molecule has 90 valence electrons. The summed E-state index contributed by atoms with van der Waals surface area (Å²) in [7, 11) is 0. The van der Waals surface area contributed by atoms with Gasteiger partial charge in [0.05, 0.1) is 6.42 Å². The Kier molecular flexibility index (Phi) is 2.79. The van der Waals surface area contributed by atoms with Crippen LogP contribution in [0.3, 0.4) is 0 Å². The Morgan fingerprint density at radius 3 is 2.94 bits per heavy atom. The molecule has 0 bridgehead atoms. The molecule has 2 heterocycles. The highest BCUT2D eigenvalue weighted by Crippen LogP contribution is 2.24. The molecular weight excluding hydrogens is 242 g/mol. The molecule has 0 aliphatic rings. The smallest absolute Gasteiger partial charge is 0.304 e. The minimum absolute atomic E-state index is 0.0163. The van der Waals surface area contributed by atoms with E-state index in [1.807, 2.05) is 0 Å². The van der Waals surface area contributed by atoms with Crippen LogP contribution in [0.2, 0.25) is 5.02 Å². The van der Waals surface area contributed by atoms with Crippen molar-refractivity contribution < 1.29 is 9.90 Å². The van der Waals surface area contributed by atoms with E-state index in [-0.39, 0.29) is 6.42 Å². The zero-order valence-electron chi connectivity index (χ0n) is 9.51. The van der Waals surface area contributed by atoms with Crippen LogP contribution >= 0.6 is 11.6 Å². The number of hydrogen-bond donors (Lipinski definition) is 1. The second-order valence-corrected chi connectivity index (χ2v) is 4.97. The monoisotopic (exact) mass is 253 g/mol. The fourth-order valence-corrected chi connectivity index (χ4v) is 1.75. The number of carboxylic acids is 1. The van der Waals surface area contributed by atoms with Crippen molar-refractivity contribution in [2.75, 3.05) is 0 Å². The van der Waals surface area contributed by atoms with Gasteiger partial charge in [0.2, 0.25) is 0 Å². The highest BCUT2D eigenvalue weighted by Gasteiger charge is 2.28. The van der Waals surface area contributed by atoms with E-state index < -0.39 is 11.4 Å². The minimum Gasteiger partial charge on any atom is -0.481 e. The Bertz CT molecular complexity index is 577. The molecule has 0 atom stereocenters. The molecule has 0 saturated carbocycles.